The van der Waals surface area contributed by atoms with Crippen molar-refractivity contribution in [1.82, 2.24) is 10.2 Å². The molecule has 2 saturated heterocycles. The Morgan fingerprint density at radius 3 is 3.06 bits per heavy atom. The molecule has 4 nitrogen and oxygen atoms in total. The molecule has 0 saturated carbocycles. The second-order valence-corrected chi connectivity index (χ2v) is 5.33. The monoisotopic (exact) mass is 242 g/mol. The van der Waals surface area contributed by atoms with Crippen LogP contribution in [-0.2, 0) is 9.47 Å². The number of rotatable bonds is 6. The fourth-order valence-electron chi connectivity index (χ4n) is 3.05. The third-order valence-electron chi connectivity index (χ3n) is 3.93. The Morgan fingerprint density at radius 2 is 2.29 bits per heavy atom. The first kappa shape index (κ1) is 13.3. The summed E-state index contributed by atoms with van der Waals surface area (Å²) in [6.07, 6.45) is 1.29. The predicted molar refractivity (Wildman–Crippen MR) is 68.2 cm³/mol. The molecular formula is C13H26N2O2. The van der Waals surface area contributed by atoms with Gasteiger partial charge in [0, 0.05) is 32.2 Å². The van der Waals surface area contributed by atoms with Gasteiger partial charge in [0.15, 0.2) is 0 Å². The Hall–Kier alpha value is -0.160. The Morgan fingerprint density at radius 1 is 1.41 bits per heavy atom. The average molecular weight is 242 g/mol. The summed E-state index contributed by atoms with van der Waals surface area (Å²) in [5.74, 6) is 1.40. The molecule has 2 fully saturated rings. The number of methoxy groups -OCH3 is 1. The van der Waals surface area contributed by atoms with Crippen LogP contribution in [0.2, 0.25) is 0 Å². The Labute approximate surface area is 105 Å². The molecule has 17 heavy (non-hydrogen) atoms. The summed E-state index contributed by atoms with van der Waals surface area (Å²) in [4.78, 5) is 2.58. The van der Waals surface area contributed by atoms with Gasteiger partial charge in [-0.2, -0.15) is 0 Å². The van der Waals surface area contributed by atoms with Gasteiger partial charge < -0.3 is 19.7 Å². The first-order valence-electron chi connectivity index (χ1n) is 6.86. The molecule has 1 N–H and O–H groups in total. The van der Waals surface area contributed by atoms with Crippen LogP contribution in [0.25, 0.3) is 0 Å². The quantitative estimate of drug-likeness (QED) is 0.739. The summed E-state index contributed by atoms with van der Waals surface area (Å²) in [6, 6.07) is 0.557. The zero-order valence-corrected chi connectivity index (χ0v) is 11.2. The van der Waals surface area contributed by atoms with E-state index in [0.29, 0.717) is 12.0 Å². The molecule has 0 bridgehead atoms. The van der Waals surface area contributed by atoms with E-state index in [4.69, 9.17) is 9.47 Å². The molecule has 0 aliphatic carbocycles. The third-order valence-corrected chi connectivity index (χ3v) is 3.93. The molecule has 2 aliphatic heterocycles. The first-order chi connectivity index (χ1) is 8.33. The number of ether oxygens (including phenoxy) is 2. The van der Waals surface area contributed by atoms with Gasteiger partial charge in [0.1, 0.15) is 0 Å². The van der Waals surface area contributed by atoms with E-state index in [1.807, 2.05) is 0 Å². The van der Waals surface area contributed by atoms with E-state index in [2.05, 4.69) is 17.1 Å². The van der Waals surface area contributed by atoms with E-state index >= 15 is 0 Å². The molecule has 0 amide bonds. The van der Waals surface area contributed by atoms with E-state index in [9.17, 15) is 0 Å². The van der Waals surface area contributed by atoms with E-state index in [1.54, 1.807) is 7.11 Å². The van der Waals surface area contributed by atoms with Crippen molar-refractivity contribution in [2.75, 3.05) is 53.1 Å². The maximum Gasteiger partial charge on any atom is 0.0623 e. The van der Waals surface area contributed by atoms with Gasteiger partial charge in [-0.1, -0.05) is 6.92 Å². The standard InChI is InChI=1S/C13H26N2O2/c1-3-14-13-10-17-9-12(13)7-15-5-4-11(6-15)8-16-2/h11-14H,3-10H2,1-2H3. The second kappa shape index (κ2) is 6.69. The topological polar surface area (TPSA) is 33.7 Å². The largest absolute Gasteiger partial charge is 0.384 e. The van der Waals surface area contributed by atoms with Crippen molar-refractivity contribution >= 4 is 0 Å². The molecule has 2 rings (SSSR count). The van der Waals surface area contributed by atoms with Crippen LogP contribution in [0.15, 0.2) is 0 Å². The number of likely N-dealkylation sites (tertiary alicyclic amines) is 1. The Bertz CT molecular complexity index is 225. The molecule has 3 unspecified atom stereocenters. The number of nitrogens with one attached hydrogen (secondary N) is 1. The van der Waals surface area contributed by atoms with Crippen LogP contribution in [-0.4, -0.2) is 64.1 Å². The number of hydrogen-bond donors (Lipinski definition) is 1. The van der Waals surface area contributed by atoms with Gasteiger partial charge >= 0.3 is 0 Å². The van der Waals surface area contributed by atoms with Crippen molar-refractivity contribution in [2.45, 2.75) is 19.4 Å². The van der Waals surface area contributed by atoms with Crippen LogP contribution in [0.1, 0.15) is 13.3 Å². The van der Waals surface area contributed by atoms with Crippen molar-refractivity contribution in [2.24, 2.45) is 11.8 Å². The third kappa shape index (κ3) is 3.65. The highest BCUT2D eigenvalue weighted by molar-refractivity contribution is 4.85. The fourth-order valence-corrected chi connectivity index (χ4v) is 3.05. The number of likely N-dealkylation sites (N-methyl/N-ethyl adjacent to an activating group) is 1. The minimum atomic E-state index is 0.557. The minimum Gasteiger partial charge on any atom is -0.384 e. The van der Waals surface area contributed by atoms with E-state index in [0.717, 1.165) is 32.3 Å². The highest BCUT2D eigenvalue weighted by Crippen LogP contribution is 2.21. The van der Waals surface area contributed by atoms with Crippen LogP contribution >= 0.6 is 0 Å². The van der Waals surface area contributed by atoms with Crippen molar-refractivity contribution in [1.29, 1.82) is 0 Å². The normalized spacial score (nSPS) is 34.6. The fraction of sp³-hybridized carbons (Fsp3) is 1.00. The SMILES string of the molecule is CCNC1COCC1CN1CCC(COC)C1. The summed E-state index contributed by atoms with van der Waals surface area (Å²) in [5, 5.41) is 3.53. The highest BCUT2D eigenvalue weighted by atomic mass is 16.5. The van der Waals surface area contributed by atoms with E-state index in [1.165, 1.54) is 26.1 Å². The Balaban J connectivity index is 1.73. The van der Waals surface area contributed by atoms with Crippen molar-refractivity contribution < 1.29 is 9.47 Å². The van der Waals surface area contributed by atoms with Gasteiger partial charge in [0.05, 0.1) is 19.8 Å². The first-order valence-corrected chi connectivity index (χ1v) is 6.86. The van der Waals surface area contributed by atoms with Gasteiger partial charge in [-0.25, -0.2) is 0 Å². The lowest BCUT2D eigenvalue weighted by Gasteiger charge is -2.24. The zero-order valence-electron chi connectivity index (χ0n) is 11.2. The molecule has 0 spiro atoms. The second-order valence-electron chi connectivity index (χ2n) is 5.33. The predicted octanol–water partition coefficient (Wildman–Crippen LogP) is 0.579. The smallest absolute Gasteiger partial charge is 0.0623 e. The molecule has 2 aliphatic rings. The summed E-state index contributed by atoms with van der Waals surface area (Å²) < 4.78 is 10.8. The maximum atomic E-state index is 5.59. The number of nitrogens with zero attached hydrogens (tertiary/aromatic N) is 1. The Kier molecular flexibility index (Phi) is 5.22. The molecule has 100 valence electrons. The van der Waals surface area contributed by atoms with Gasteiger partial charge in [-0.05, 0) is 25.4 Å². The summed E-state index contributed by atoms with van der Waals surface area (Å²) in [6.45, 7) is 9.52. The lowest BCUT2D eigenvalue weighted by atomic mass is 10.0. The van der Waals surface area contributed by atoms with Crippen molar-refractivity contribution in [3.05, 3.63) is 0 Å². The van der Waals surface area contributed by atoms with Crippen molar-refractivity contribution in [3.8, 4) is 0 Å². The average Bonchev–Trinajstić information content (AvgIpc) is 2.91. The molecule has 3 atom stereocenters. The van der Waals surface area contributed by atoms with Gasteiger partial charge in [0.25, 0.3) is 0 Å². The van der Waals surface area contributed by atoms with Crippen molar-refractivity contribution in [3.63, 3.8) is 0 Å². The van der Waals surface area contributed by atoms with Crippen LogP contribution in [0.4, 0.5) is 0 Å². The van der Waals surface area contributed by atoms with Gasteiger partial charge in [0.2, 0.25) is 0 Å². The zero-order chi connectivity index (χ0) is 12.1. The van der Waals surface area contributed by atoms with E-state index < -0.39 is 0 Å². The molecule has 2 heterocycles. The molecule has 0 aromatic heterocycles. The van der Waals surface area contributed by atoms with E-state index in [-0.39, 0.29) is 0 Å². The van der Waals surface area contributed by atoms with Gasteiger partial charge in [-0.3, -0.25) is 0 Å². The molecule has 0 aromatic carbocycles. The van der Waals surface area contributed by atoms with Crippen LogP contribution in [0.5, 0.6) is 0 Å². The summed E-state index contributed by atoms with van der Waals surface area (Å²) >= 11 is 0. The molecule has 4 heteroatoms. The van der Waals surface area contributed by atoms with Crippen LogP contribution < -0.4 is 5.32 Å². The molecule has 0 aromatic rings. The highest BCUT2D eigenvalue weighted by Gasteiger charge is 2.31. The maximum absolute atomic E-state index is 5.59. The summed E-state index contributed by atoms with van der Waals surface area (Å²) in [7, 11) is 1.80. The lowest BCUT2D eigenvalue weighted by molar-refractivity contribution is 0.147. The van der Waals surface area contributed by atoms with Crippen LogP contribution in [0, 0.1) is 11.8 Å². The number of hydrogen-bond acceptors (Lipinski definition) is 4. The van der Waals surface area contributed by atoms with Crippen LogP contribution in [0.3, 0.4) is 0 Å². The summed E-state index contributed by atoms with van der Waals surface area (Å²) in [5.41, 5.74) is 0. The lowest BCUT2D eigenvalue weighted by Crippen LogP contribution is -2.41. The van der Waals surface area contributed by atoms with Gasteiger partial charge in [-0.15, -0.1) is 0 Å². The molecule has 0 radical (unpaired) electrons. The molecular weight excluding hydrogens is 216 g/mol. The minimum absolute atomic E-state index is 0.557.